The van der Waals surface area contributed by atoms with Crippen LogP contribution in [0.15, 0.2) is 97.2 Å². The molecule has 0 amide bonds. The maximum absolute atomic E-state index is 5.15. The molecule has 3 aromatic carbocycles. The Balaban J connectivity index is 1.93. The van der Waals surface area contributed by atoms with Gasteiger partial charge in [-0.2, -0.15) is 4.40 Å². The predicted octanol–water partition coefficient (Wildman–Crippen LogP) is 6.11. The Morgan fingerprint density at radius 3 is 2.06 bits per heavy atom. The van der Waals surface area contributed by atoms with Crippen molar-refractivity contribution < 1.29 is 4.57 Å². The Labute approximate surface area is 180 Å². The molecule has 0 aliphatic carbocycles. The summed E-state index contributed by atoms with van der Waals surface area (Å²) in [6.07, 6.45) is 2.22. The molecule has 148 valence electrons. The molecule has 0 radical (unpaired) electrons. The number of fused-ring (bicyclic) bond motifs is 4. The molecule has 0 saturated carbocycles. The van der Waals surface area contributed by atoms with E-state index < -0.39 is 0 Å². The second-order valence-corrected chi connectivity index (χ2v) is 8.04. The molecule has 0 N–H and O–H groups in total. The molecule has 6 rings (SSSR count). The van der Waals surface area contributed by atoms with Gasteiger partial charge in [-0.25, -0.2) is 9.55 Å². The molecule has 3 aromatic heterocycles. The number of para-hydroxylation sites is 1. The molecule has 3 heteroatoms. The van der Waals surface area contributed by atoms with Crippen molar-refractivity contribution >= 4 is 27.5 Å². The van der Waals surface area contributed by atoms with Crippen LogP contribution in [-0.4, -0.2) is 9.38 Å². The number of aryl methyl sites for hydroxylation is 2. The summed E-state index contributed by atoms with van der Waals surface area (Å²) in [4.78, 5) is 5.15. The van der Waals surface area contributed by atoms with Crippen LogP contribution in [0.1, 0.15) is 5.82 Å². The van der Waals surface area contributed by atoms with Crippen LogP contribution in [0.4, 0.5) is 0 Å². The normalized spacial score (nSPS) is 11.5. The predicted molar refractivity (Wildman–Crippen MR) is 127 cm³/mol. The van der Waals surface area contributed by atoms with Gasteiger partial charge in [-0.05, 0) is 23.3 Å². The fraction of sp³-hybridized carbons (Fsp3) is 0.0714. The van der Waals surface area contributed by atoms with Crippen molar-refractivity contribution in [1.29, 1.82) is 0 Å². The summed E-state index contributed by atoms with van der Waals surface area (Å²) in [5.41, 5.74) is 8.04. The first kappa shape index (κ1) is 17.8. The van der Waals surface area contributed by atoms with Gasteiger partial charge in [-0.1, -0.05) is 78.9 Å². The van der Waals surface area contributed by atoms with Crippen LogP contribution in [-0.2, 0) is 7.05 Å². The summed E-state index contributed by atoms with van der Waals surface area (Å²) in [7, 11) is 2.10. The molecule has 3 heterocycles. The molecule has 3 nitrogen and oxygen atoms in total. The number of hydrogen-bond donors (Lipinski definition) is 0. The zero-order valence-corrected chi connectivity index (χ0v) is 17.6. The van der Waals surface area contributed by atoms with Crippen molar-refractivity contribution in [3.8, 4) is 22.3 Å². The SMILES string of the molecule is Cc1n2c(c[n+]1C)c(-c1ccccc1)c(-c1ccccc1)c1cc3ccccc3nc12. The molecule has 0 bridgehead atoms. The summed E-state index contributed by atoms with van der Waals surface area (Å²) in [5.74, 6) is 1.15. The monoisotopic (exact) mass is 400 g/mol. The molecular weight excluding hydrogens is 378 g/mol. The molecule has 31 heavy (non-hydrogen) atoms. The number of imidazole rings is 1. The Morgan fingerprint density at radius 2 is 1.35 bits per heavy atom. The van der Waals surface area contributed by atoms with Gasteiger partial charge < -0.3 is 0 Å². The minimum absolute atomic E-state index is 0.991. The zero-order valence-electron chi connectivity index (χ0n) is 17.6. The Hall–Kier alpha value is -3.98. The number of rotatable bonds is 2. The summed E-state index contributed by atoms with van der Waals surface area (Å²) in [6, 6.07) is 32.0. The average Bonchev–Trinajstić information content (AvgIpc) is 3.12. The van der Waals surface area contributed by atoms with Gasteiger partial charge in [0.05, 0.1) is 18.0 Å². The lowest BCUT2D eigenvalue weighted by Gasteiger charge is -2.14. The van der Waals surface area contributed by atoms with Crippen molar-refractivity contribution in [1.82, 2.24) is 9.38 Å². The van der Waals surface area contributed by atoms with E-state index in [1.165, 1.54) is 27.8 Å². The van der Waals surface area contributed by atoms with Crippen LogP contribution in [0.3, 0.4) is 0 Å². The van der Waals surface area contributed by atoms with Crippen molar-refractivity contribution in [2.45, 2.75) is 6.92 Å². The quantitative estimate of drug-likeness (QED) is 0.254. The van der Waals surface area contributed by atoms with E-state index in [1.54, 1.807) is 0 Å². The summed E-state index contributed by atoms with van der Waals surface area (Å²) < 4.78 is 4.49. The minimum Gasteiger partial charge on any atom is -0.236 e. The molecule has 0 spiro atoms. The first-order valence-corrected chi connectivity index (χ1v) is 10.6. The topological polar surface area (TPSA) is 21.2 Å². The standard InChI is InChI=1S/C28H22N3/c1-19-30(2)18-25-27(21-13-7-4-8-14-21)26(20-11-5-3-6-12-20)23-17-22-15-9-10-16-24(22)29-28(23)31(19)25/h3-18H,1-2H3/q+1. The van der Waals surface area contributed by atoms with Crippen molar-refractivity contribution in [3.63, 3.8) is 0 Å². The highest BCUT2D eigenvalue weighted by Crippen LogP contribution is 2.41. The van der Waals surface area contributed by atoms with Crippen LogP contribution >= 0.6 is 0 Å². The number of aromatic nitrogens is 3. The summed E-state index contributed by atoms with van der Waals surface area (Å²) in [6.45, 7) is 2.15. The third-order valence-corrected chi connectivity index (χ3v) is 6.21. The molecule has 0 saturated heterocycles. The van der Waals surface area contributed by atoms with Crippen LogP contribution < -0.4 is 4.57 Å². The number of benzene rings is 3. The van der Waals surface area contributed by atoms with E-state index in [4.69, 9.17) is 4.98 Å². The lowest BCUT2D eigenvalue weighted by Crippen LogP contribution is -2.28. The molecule has 0 atom stereocenters. The fourth-order valence-electron chi connectivity index (χ4n) is 4.63. The maximum Gasteiger partial charge on any atom is 0.260 e. The Kier molecular flexibility index (Phi) is 3.90. The highest BCUT2D eigenvalue weighted by Gasteiger charge is 2.26. The highest BCUT2D eigenvalue weighted by atomic mass is 15.1. The van der Waals surface area contributed by atoms with E-state index in [1.807, 2.05) is 0 Å². The van der Waals surface area contributed by atoms with E-state index in [0.29, 0.717) is 0 Å². The smallest absolute Gasteiger partial charge is 0.236 e. The first-order valence-electron chi connectivity index (χ1n) is 10.6. The molecule has 6 aromatic rings. The lowest BCUT2D eigenvalue weighted by atomic mass is 9.91. The van der Waals surface area contributed by atoms with Gasteiger partial charge in [0.1, 0.15) is 6.20 Å². The molecular formula is C28H22N3+. The lowest BCUT2D eigenvalue weighted by molar-refractivity contribution is -0.676. The van der Waals surface area contributed by atoms with E-state index >= 15 is 0 Å². The van der Waals surface area contributed by atoms with E-state index in [2.05, 4.69) is 120 Å². The molecule has 0 aliphatic rings. The zero-order chi connectivity index (χ0) is 20.9. The first-order chi connectivity index (χ1) is 15.2. The fourth-order valence-corrected chi connectivity index (χ4v) is 4.63. The highest BCUT2D eigenvalue weighted by molar-refractivity contribution is 6.09. The number of hydrogen-bond acceptors (Lipinski definition) is 1. The molecule has 0 fully saturated rings. The van der Waals surface area contributed by atoms with Crippen molar-refractivity contribution in [2.24, 2.45) is 7.05 Å². The van der Waals surface area contributed by atoms with Crippen LogP contribution in [0.2, 0.25) is 0 Å². The maximum atomic E-state index is 5.15. The third kappa shape index (κ3) is 2.67. The van der Waals surface area contributed by atoms with Gasteiger partial charge in [0.15, 0.2) is 5.52 Å². The Bertz CT molecular complexity index is 1580. The average molecular weight is 401 g/mol. The van der Waals surface area contributed by atoms with Gasteiger partial charge >= 0.3 is 0 Å². The van der Waals surface area contributed by atoms with Gasteiger partial charge in [0.2, 0.25) is 5.65 Å². The van der Waals surface area contributed by atoms with Gasteiger partial charge in [-0.15, -0.1) is 0 Å². The number of nitrogens with zero attached hydrogens (tertiary/aromatic N) is 3. The van der Waals surface area contributed by atoms with Gasteiger partial charge in [0, 0.05) is 23.4 Å². The Morgan fingerprint density at radius 1 is 0.742 bits per heavy atom. The third-order valence-electron chi connectivity index (χ3n) is 6.21. The van der Waals surface area contributed by atoms with Crippen molar-refractivity contribution in [2.75, 3.05) is 0 Å². The molecule has 0 unspecified atom stereocenters. The summed E-state index contributed by atoms with van der Waals surface area (Å²) >= 11 is 0. The minimum atomic E-state index is 0.991. The largest absolute Gasteiger partial charge is 0.260 e. The van der Waals surface area contributed by atoms with Crippen LogP contribution in [0.5, 0.6) is 0 Å². The van der Waals surface area contributed by atoms with E-state index in [9.17, 15) is 0 Å². The summed E-state index contributed by atoms with van der Waals surface area (Å²) in [5, 5.41) is 2.32. The van der Waals surface area contributed by atoms with E-state index in [-0.39, 0.29) is 0 Å². The second kappa shape index (κ2) is 6.78. The van der Waals surface area contributed by atoms with Gasteiger partial charge in [0.25, 0.3) is 5.82 Å². The number of pyridine rings is 2. The molecule has 0 aliphatic heterocycles. The second-order valence-electron chi connectivity index (χ2n) is 8.04. The van der Waals surface area contributed by atoms with Crippen LogP contribution in [0, 0.1) is 6.92 Å². The van der Waals surface area contributed by atoms with Crippen LogP contribution in [0.25, 0.3) is 49.7 Å². The van der Waals surface area contributed by atoms with Gasteiger partial charge in [-0.3, -0.25) is 0 Å². The van der Waals surface area contributed by atoms with E-state index in [0.717, 1.165) is 27.8 Å². The van der Waals surface area contributed by atoms with Crippen molar-refractivity contribution in [3.05, 3.63) is 103 Å².